The van der Waals surface area contributed by atoms with Crippen molar-refractivity contribution in [3.63, 3.8) is 0 Å². The minimum absolute atomic E-state index is 0.165. The van der Waals surface area contributed by atoms with Crippen LogP contribution in [0.15, 0.2) is 17.4 Å². The lowest BCUT2D eigenvalue weighted by Gasteiger charge is -2.13. The number of thioether (sulfide) groups is 1. The Labute approximate surface area is 116 Å². The molecule has 0 fully saturated rings. The van der Waals surface area contributed by atoms with Crippen LogP contribution in [0.4, 0.5) is 13.2 Å². The molecule has 0 aliphatic heterocycles. The van der Waals surface area contributed by atoms with E-state index in [1.54, 1.807) is 6.07 Å². The largest absolute Gasteiger partial charge is 0.478 e. The van der Waals surface area contributed by atoms with Crippen LogP contribution in [0.2, 0.25) is 0 Å². The lowest BCUT2D eigenvalue weighted by atomic mass is 10.3. The summed E-state index contributed by atoms with van der Waals surface area (Å²) in [5.41, 5.74) is 0. The van der Waals surface area contributed by atoms with Crippen molar-refractivity contribution in [1.29, 1.82) is 0 Å². The molecule has 0 saturated carbocycles. The van der Waals surface area contributed by atoms with Gasteiger partial charge in [0.25, 0.3) is 0 Å². The van der Waals surface area contributed by atoms with Crippen LogP contribution in [0.5, 0.6) is 5.88 Å². The maximum Gasteiger partial charge on any atom is 0.331 e. The molecule has 0 aliphatic carbocycles. The second-order valence-electron chi connectivity index (χ2n) is 3.26. The molecule has 3 nitrogen and oxygen atoms in total. The van der Waals surface area contributed by atoms with E-state index in [1.807, 2.05) is 22.9 Å². The quantitative estimate of drug-likeness (QED) is 0.429. The maximum atomic E-state index is 12.9. The maximum absolute atomic E-state index is 12.9. The first-order chi connectivity index (χ1) is 8.43. The van der Waals surface area contributed by atoms with E-state index < -0.39 is 11.0 Å². The summed E-state index contributed by atoms with van der Waals surface area (Å²) in [6.45, 7) is 2.30. The highest BCUT2D eigenvalue weighted by Gasteiger charge is 2.36. The average molecular weight is 345 g/mol. The molecule has 0 aromatic carbocycles. The Kier molecular flexibility index (Phi) is 6.20. The van der Waals surface area contributed by atoms with Gasteiger partial charge in [-0.15, -0.1) is 0 Å². The fraction of sp³-hybridized carbons (Fsp3) is 0.600. The second-order valence-corrected chi connectivity index (χ2v) is 5.38. The molecule has 18 heavy (non-hydrogen) atoms. The van der Waals surface area contributed by atoms with Crippen LogP contribution in [0.25, 0.3) is 0 Å². The van der Waals surface area contributed by atoms with Gasteiger partial charge in [0.15, 0.2) is 11.3 Å². The van der Waals surface area contributed by atoms with Gasteiger partial charge in [0.05, 0.1) is 6.61 Å². The predicted octanol–water partition coefficient (Wildman–Crippen LogP) is 3.68. The number of rotatable bonds is 7. The molecule has 0 bridgehead atoms. The van der Waals surface area contributed by atoms with Crippen molar-refractivity contribution < 1.29 is 17.9 Å². The zero-order valence-corrected chi connectivity index (χ0v) is 12.0. The molecule has 1 rings (SSSR count). The standard InChI is InChI=1S/C10H12BrF3N2OS/c1-2-17-8-3-5-15-9(16-8)18-6-4-7(12)10(11,13)14/h3,5,7H,2,4,6H2,1H3. The number of hydrogen-bond acceptors (Lipinski definition) is 4. The molecular weight excluding hydrogens is 333 g/mol. The van der Waals surface area contributed by atoms with Crippen LogP contribution < -0.4 is 4.74 Å². The average Bonchev–Trinajstić information content (AvgIpc) is 2.28. The summed E-state index contributed by atoms with van der Waals surface area (Å²) in [7, 11) is 0. The first-order valence-corrected chi connectivity index (χ1v) is 7.00. The van der Waals surface area contributed by atoms with Gasteiger partial charge in [0.1, 0.15) is 0 Å². The smallest absolute Gasteiger partial charge is 0.331 e. The van der Waals surface area contributed by atoms with Crippen molar-refractivity contribution in [2.75, 3.05) is 12.4 Å². The fourth-order valence-corrected chi connectivity index (χ4v) is 2.07. The summed E-state index contributed by atoms with van der Waals surface area (Å²) in [4.78, 5) is 4.48. The molecule has 1 heterocycles. The summed E-state index contributed by atoms with van der Waals surface area (Å²) in [6, 6.07) is 1.60. The molecule has 1 unspecified atom stereocenters. The molecular formula is C10H12BrF3N2OS. The molecule has 1 aromatic heterocycles. The monoisotopic (exact) mass is 344 g/mol. The van der Waals surface area contributed by atoms with Crippen LogP contribution in [0.1, 0.15) is 13.3 Å². The van der Waals surface area contributed by atoms with Crippen molar-refractivity contribution >= 4 is 27.7 Å². The number of ether oxygens (including phenoxy) is 1. The predicted molar refractivity (Wildman–Crippen MR) is 67.3 cm³/mol. The Morgan fingerprint density at radius 3 is 2.89 bits per heavy atom. The van der Waals surface area contributed by atoms with Crippen molar-refractivity contribution in [3.8, 4) is 5.88 Å². The lowest BCUT2D eigenvalue weighted by Crippen LogP contribution is -2.22. The number of alkyl halides is 4. The first kappa shape index (κ1) is 15.6. The third-order valence-electron chi connectivity index (χ3n) is 1.86. The fourth-order valence-electron chi connectivity index (χ4n) is 1.04. The third-order valence-corrected chi connectivity index (χ3v) is 3.25. The van der Waals surface area contributed by atoms with E-state index in [1.165, 1.54) is 6.20 Å². The summed E-state index contributed by atoms with van der Waals surface area (Å²) in [6.07, 6.45) is -1.00. The highest BCUT2D eigenvalue weighted by Crippen LogP contribution is 2.31. The second kappa shape index (κ2) is 7.18. The lowest BCUT2D eigenvalue weighted by molar-refractivity contribution is 0.0210. The summed E-state index contributed by atoms with van der Waals surface area (Å²) in [5.74, 6) is 0.579. The summed E-state index contributed by atoms with van der Waals surface area (Å²) >= 11 is 3.10. The normalized spacial score (nSPS) is 13.4. The zero-order valence-electron chi connectivity index (χ0n) is 9.58. The highest BCUT2D eigenvalue weighted by molar-refractivity contribution is 9.10. The van der Waals surface area contributed by atoms with Gasteiger partial charge in [-0.05, 0) is 29.3 Å². The van der Waals surface area contributed by atoms with Crippen LogP contribution >= 0.6 is 27.7 Å². The zero-order chi connectivity index (χ0) is 13.6. The Morgan fingerprint density at radius 2 is 2.28 bits per heavy atom. The number of halogens is 4. The van der Waals surface area contributed by atoms with Crippen LogP contribution in [0, 0.1) is 0 Å². The minimum atomic E-state index is -3.48. The molecule has 0 spiro atoms. The van der Waals surface area contributed by atoms with Gasteiger partial charge in [-0.1, -0.05) is 11.8 Å². The Bertz CT molecular complexity index is 378. The molecule has 0 N–H and O–H groups in total. The van der Waals surface area contributed by atoms with Crippen molar-refractivity contribution in [3.05, 3.63) is 12.3 Å². The summed E-state index contributed by atoms with van der Waals surface area (Å²) in [5, 5.41) is 0.381. The van der Waals surface area contributed by atoms with Gasteiger partial charge in [0, 0.05) is 18.0 Å². The van der Waals surface area contributed by atoms with Crippen LogP contribution in [0.3, 0.4) is 0 Å². The minimum Gasteiger partial charge on any atom is -0.478 e. The van der Waals surface area contributed by atoms with Gasteiger partial charge in [-0.3, -0.25) is 0 Å². The van der Waals surface area contributed by atoms with Gasteiger partial charge >= 0.3 is 4.83 Å². The molecule has 0 aliphatic rings. The molecule has 8 heteroatoms. The molecule has 0 amide bonds. The van der Waals surface area contributed by atoms with Crippen molar-refractivity contribution in [1.82, 2.24) is 9.97 Å². The first-order valence-electron chi connectivity index (χ1n) is 5.23. The van der Waals surface area contributed by atoms with E-state index in [4.69, 9.17) is 4.74 Å². The van der Waals surface area contributed by atoms with E-state index in [0.29, 0.717) is 17.6 Å². The molecule has 102 valence electrons. The number of nitrogens with zero attached hydrogens (tertiary/aromatic N) is 2. The van der Waals surface area contributed by atoms with Crippen molar-refractivity contribution in [2.45, 2.75) is 29.5 Å². The van der Waals surface area contributed by atoms with Gasteiger partial charge in [-0.2, -0.15) is 13.8 Å². The van der Waals surface area contributed by atoms with E-state index in [-0.39, 0.29) is 12.2 Å². The molecule has 1 aromatic rings. The van der Waals surface area contributed by atoms with Crippen LogP contribution in [-0.2, 0) is 0 Å². The Morgan fingerprint density at radius 1 is 1.56 bits per heavy atom. The van der Waals surface area contributed by atoms with E-state index >= 15 is 0 Å². The van der Waals surface area contributed by atoms with Crippen molar-refractivity contribution in [2.24, 2.45) is 0 Å². The molecule has 0 saturated heterocycles. The van der Waals surface area contributed by atoms with E-state index in [2.05, 4.69) is 9.97 Å². The van der Waals surface area contributed by atoms with Gasteiger partial charge in [-0.25, -0.2) is 9.37 Å². The summed E-state index contributed by atoms with van der Waals surface area (Å²) < 4.78 is 43.1. The SMILES string of the molecule is CCOc1ccnc(SCCC(F)C(F)(F)Br)n1. The third kappa shape index (κ3) is 5.43. The van der Waals surface area contributed by atoms with Gasteiger partial charge in [0.2, 0.25) is 5.88 Å². The van der Waals surface area contributed by atoms with Crippen LogP contribution in [-0.4, -0.2) is 33.3 Å². The van der Waals surface area contributed by atoms with E-state index in [0.717, 1.165) is 11.8 Å². The number of hydrogen-bond donors (Lipinski definition) is 0. The Balaban J connectivity index is 2.42. The topological polar surface area (TPSA) is 35.0 Å². The number of aromatic nitrogens is 2. The Hall–Kier alpha value is -0.500. The van der Waals surface area contributed by atoms with Gasteiger partial charge < -0.3 is 4.74 Å². The molecule has 1 atom stereocenters. The van der Waals surface area contributed by atoms with E-state index in [9.17, 15) is 13.2 Å². The highest BCUT2D eigenvalue weighted by atomic mass is 79.9. The molecule has 0 radical (unpaired) electrons.